The molecule has 1 N–H and O–H groups in total. The van der Waals surface area contributed by atoms with E-state index < -0.39 is 5.97 Å². The topological polar surface area (TPSA) is 91.0 Å². The monoisotopic (exact) mass is 431 g/mol. The number of aromatic nitrogens is 4. The minimum absolute atomic E-state index is 0.1000. The SMILES string of the molecule is COC(=O)c1ccccc1Cn1cc(NC(=O)Cn2cc(Br)c(C)n2)cn1. The molecule has 2 heterocycles. The smallest absolute Gasteiger partial charge is 0.338 e. The van der Waals surface area contributed by atoms with Gasteiger partial charge >= 0.3 is 5.97 Å². The van der Waals surface area contributed by atoms with E-state index in [2.05, 4.69) is 31.4 Å². The maximum atomic E-state index is 12.2. The van der Waals surface area contributed by atoms with E-state index >= 15 is 0 Å². The van der Waals surface area contributed by atoms with E-state index in [9.17, 15) is 9.59 Å². The van der Waals surface area contributed by atoms with Crippen molar-refractivity contribution in [2.24, 2.45) is 0 Å². The van der Waals surface area contributed by atoms with Crippen LogP contribution in [0.2, 0.25) is 0 Å². The summed E-state index contributed by atoms with van der Waals surface area (Å²) >= 11 is 3.37. The van der Waals surface area contributed by atoms with Gasteiger partial charge in [-0.15, -0.1) is 0 Å². The number of aryl methyl sites for hydroxylation is 1. The third-order valence-electron chi connectivity index (χ3n) is 3.86. The summed E-state index contributed by atoms with van der Waals surface area (Å²) in [4.78, 5) is 24.0. The lowest BCUT2D eigenvalue weighted by Gasteiger charge is -2.07. The number of hydrogen-bond acceptors (Lipinski definition) is 5. The Balaban J connectivity index is 1.65. The molecule has 0 bridgehead atoms. The van der Waals surface area contributed by atoms with E-state index in [0.29, 0.717) is 17.8 Å². The number of carbonyl (C=O) groups is 2. The fraction of sp³-hybridized carbons (Fsp3) is 0.222. The van der Waals surface area contributed by atoms with Crippen molar-refractivity contribution < 1.29 is 14.3 Å². The standard InChI is InChI=1S/C18H18BrN5O3/c1-12-16(19)10-24(22-12)11-17(25)21-14-7-20-23(9-14)8-13-5-3-4-6-15(13)18(26)27-2/h3-7,9-10H,8,11H2,1-2H3,(H,21,25). The van der Waals surface area contributed by atoms with Crippen LogP contribution in [-0.2, 0) is 22.6 Å². The van der Waals surface area contributed by atoms with Crippen LogP contribution < -0.4 is 5.32 Å². The van der Waals surface area contributed by atoms with Gasteiger partial charge in [0.15, 0.2) is 0 Å². The molecule has 1 amide bonds. The minimum Gasteiger partial charge on any atom is -0.465 e. The van der Waals surface area contributed by atoms with Crippen molar-refractivity contribution in [2.75, 3.05) is 12.4 Å². The van der Waals surface area contributed by atoms with Crippen molar-refractivity contribution in [1.82, 2.24) is 19.6 Å². The Hall–Kier alpha value is -2.94. The first-order chi connectivity index (χ1) is 13.0. The van der Waals surface area contributed by atoms with Gasteiger partial charge in [-0.1, -0.05) is 18.2 Å². The van der Waals surface area contributed by atoms with Gasteiger partial charge in [-0.3, -0.25) is 14.2 Å². The van der Waals surface area contributed by atoms with Crippen LogP contribution in [0.25, 0.3) is 0 Å². The molecule has 0 fully saturated rings. The van der Waals surface area contributed by atoms with Crippen molar-refractivity contribution in [3.63, 3.8) is 0 Å². The van der Waals surface area contributed by atoms with E-state index in [-0.39, 0.29) is 12.5 Å². The number of rotatable bonds is 6. The molecule has 1 aromatic carbocycles. The molecule has 3 rings (SSSR count). The summed E-state index contributed by atoms with van der Waals surface area (Å²) in [5.74, 6) is -0.605. The maximum Gasteiger partial charge on any atom is 0.338 e. The van der Waals surface area contributed by atoms with Gasteiger partial charge in [0.05, 0.1) is 41.3 Å². The van der Waals surface area contributed by atoms with Crippen LogP contribution in [0.15, 0.2) is 47.3 Å². The summed E-state index contributed by atoms with van der Waals surface area (Å²) in [5, 5.41) is 11.3. The Morgan fingerprint density at radius 3 is 2.70 bits per heavy atom. The summed E-state index contributed by atoms with van der Waals surface area (Å²) in [5.41, 5.74) is 2.65. The summed E-state index contributed by atoms with van der Waals surface area (Å²) in [6, 6.07) is 7.17. The van der Waals surface area contributed by atoms with Crippen LogP contribution in [0.3, 0.4) is 0 Å². The fourth-order valence-electron chi connectivity index (χ4n) is 2.58. The minimum atomic E-state index is -0.396. The number of halogens is 1. The number of hydrogen-bond donors (Lipinski definition) is 1. The first kappa shape index (κ1) is 18.8. The largest absolute Gasteiger partial charge is 0.465 e. The van der Waals surface area contributed by atoms with Crippen molar-refractivity contribution >= 4 is 33.5 Å². The quantitative estimate of drug-likeness (QED) is 0.605. The molecule has 0 spiro atoms. The molecule has 0 saturated carbocycles. The molecule has 0 aliphatic carbocycles. The number of anilines is 1. The maximum absolute atomic E-state index is 12.2. The molecular weight excluding hydrogens is 414 g/mol. The second-order valence-electron chi connectivity index (χ2n) is 5.88. The van der Waals surface area contributed by atoms with Crippen LogP contribution in [0.4, 0.5) is 5.69 Å². The zero-order chi connectivity index (χ0) is 19.4. The average Bonchev–Trinajstić information content (AvgIpc) is 3.20. The third kappa shape index (κ3) is 4.62. The highest BCUT2D eigenvalue weighted by atomic mass is 79.9. The number of esters is 1. The lowest BCUT2D eigenvalue weighted by atomic mass is 10.1. The van der Waals surface area contributed by atoms with E-state index in [0.717, 1.165) is 15.7 Å². The van der Waals surface area contributed by atoms with Crippen LogP contribution >= 0.6 is 15.9 Å². The van der Waals surface area contributed by atoms with Gasteiger partial charge in [-0.2, -0.15) is 10.2 Å². The highest BCUT2D eigenvalue weighted by molar-refractivity contribution is 9.10. The molecule has 8 nitrogen and oxygen atoms in total. The van der Waals surface area contributed by atoms with Gasteiger partial charge in [-0.25, -0.2) is 4.79 Å². The predicted molar refractivity (Wildman–Crippen MR) is 102 cm³/mol. The predicted octanol–water partition coefficient (Wildman–Crippen LogP) is 2.62. The molecule has 2 aromatic heterocycles. The van der Waals surface area contributed by atoms with Crippen LogP contribution in [0.5, 0.6) is 0 Å². The third-order valence-corrected chi connectivity index (χ3v) is 4.64. The molecule has 0 atom stereocenters. The lowest BCUT2D eigenvalue weighted by Crippen LogP contribution is -2.18. The van der Waals surface area contributed by atoms with E-state index in [1.807, 2.05) is 19.1 Å². The van der Waals surface area contributed by atoms with Gasteiger partial charge in [0.1, 0.15) is 6.54 Å². The van der Waals surface area contributed by atoms with Gasteiger partial charge in [0, 0.05) is 12.4 Å². The molecule has 27 heavy (non-hydrogen) atoms. The molecule has 0 radical (unpaired) electrons. The first-order valence-electron chi connectivity index (χ1n) is 8.14. The number of nitrogens with zero attached hydrogens (tertiary/aromatic N) is 4. The molecular formula is C18H18BrN5O3. The highest BCUT2D eigenvalue weighted by Crippen LogP contribution is 2.15. The van der Waals surface area contributed by atoms with E-state index in [1.165, 1.54) is 7.11 Å². The summed E-state index contributed by atoms with van der Waals surface area (Å²) in [6.07, 6.45) is 5.02. The second-order valence-corrected chi connectivity index (χ2v) is 6.74. The Morgan fingerprint density at radius 1 is 1.22 bits per heavy atom. The molecule has 3 aromatic rings. The summed E-state index contributed by atoms with van der Waals surface area (Å²) < 4.78 is 8.86. The van der Waals surface area contributed by atoms with Gasteiger partial charge in [0.25, 0.3) is 0 Å². The van der Waals surface area contributed by atoms with Crippen molar-refractivity contribution in [2.45, 2.75) is 20.0 Å². The molecule has 9 heteroatoms. The van der Waals surface area contributed by atoms with Gasteiger partial charge in [-0.05, 0) is 34.5 Å². The molecule has 0 aliphatic heterocycles. The molecule has 140 valence electrons. The Labute approximate surface area is 164 Å². The molecule has 0 aliphatic rings. The van der Waals surface area contributed by atoms with Crippen LogP contribution in [0.1, 0.15) is 21.6 Å². The highest BCUT2D eigenvalue weighted by Gasteiger charge is 2.12. The summed E-state index contributed by atoms with van der Waals surface area (Å²) in [6.45, 7) is 2.34. The van der Waals surface area contributed by atoms with Crippen molar-refractivity contribution in [3.8, 4) is 0 Å². The molecule has 0 unspecified atom stereocenters. The fourth-order valence-corrected chi connectivity index (χ4v) is 2.89. The van der Waals surface area contributed by atoms with Gasteiger partial charge in [0.2, 0.25) is 5.91 Å². The number of amides is 1. The van der Waals surface area contributed by atoms with E-state index in [4.69, 9.17) is 4.74 Å². The normalized spacial score (nSPS) is 10.6. The lowest BCUT2D eigenvalue weighted by molar-refractivity contribution is -0.116. The Morgan fingerprint density at radius 2 is 2.00 bits per heavy atom. The van der Waals surface area contributed by atoms with Crippen molar-refractivity contribution in [3.05, 3.63) is 64.1 Å². The van der Waals surface area contributed by atoms with E-state index in [1.54, 1.807) is 40.1 Å². The van der Waals surface area contributed by atoms with Gasteiger partial charge < -0.3 is 10.1 Å². The Bertz CT molecular complexity index is 960. The number of benzene rings is 1. The second kappa shape index (κ2) is 8.17. The summed E-state index contributed by atoms with van der Waals surface area (Å²) in [7, 11) is 1.35. The van der Waals surface area contributed by atoms with Crippen LogP contribution in [0, 0.1) is 6.92 Å². The number of ether oxygens (including phenoxy) is 1. The average molecular weight is 432 g/mol. The zero-order valence-electron chi connectivity index (χ0n) is 14.8. The number of nitrogens with one attached hydrogen (secondary N) is 1. The molecule has 0 saturated heterocycles. The zero-order valence-corrected chi connectivity index (χ0v) is 16.4. The number of carbonyl (C=O) groups excluding carboxylic acids is 2. The van der Waals surface area contributed by atoms with Crippen LogP contribution in [-0.4, -0.2) is 38.5 Å². The Kier molecular flexibility index (Phi) is 5.70. The number of methoxy groups -OCH3 is 1. The van der Waals surface area contributed by atoms with Crippen molar-refractivity contribution in [1.29, 1.82) is 0 Å². The first-order valence-corrected chi connectivity index (χ1v) is 8.93.